The first-order valence-corrected chi connectivity index (χ1v) is 6.74. The molecule has 0 saturated carbocycles. The van der Waals surface area contributed by atoms with Crippen molar-refractivity contribution in [3.8, 4) is 5.75 Å². The molecule has 0 spiro atoms. The standard InChI is InChI=1S/C15H18N4O/c1-10-17-14(13-7-8-16-13)9-15(18-10)19-11-3-5-12(20-2)6-4-11/h3-6,9,13,16H,7-8H2,1-2H3,(H,17,18,19)/t13-/m1/s1. The lowest BCUT2D eigenvalue weighted by Gasteiger charge is -2.27. The highest BCUT2D eigenvalue weighted by atomic mass is 16.5. The average molecular weight is 270 g/mol. The van der Waals surface area contributed by atoms with Crippen LogP contribution in [0.5, 0.6) is 5.75 Å². The third-order valence-corrected chi connectivity index (χ3v) is 3.40. The fourth-order valence-corrected chi connectivity index (χ4v) is 2.20. The van der Waals surface area contributed by atoms with E-state index in [4.69, 9.17) is 4.74 Å². The number of ether oxygens (including phenoxy) is 1. The van der Waals surface area contributed by atoms with Crippen LogP contribution in [0.15, 0.2) is 30.3 Å². The summed E-state index contributed by atoms with van der Waals surface area (Å²) in [6.45, 7) is 2.98. The van der Waals surface area contributed by atoms with Gasteiger partial charge in [-0.05, 0) is 44.2 Å². The molecule has 1 fully saturated rings. The van der Waals surface area contributed by atoms with Crippen LogP contribution in [0.1, 0.15) is 24.0 Å². The maximum Gasteiger partial charge on any atom is 0.134 e. The van der Waals surface area contributed by atoms with E-state index in [2.05, 4.69) is 20.6 Å². The van der Waals surface area contributed by atoms with Gasteiger partial charge in [-0.1, -0.05) is 0 Å². The van der Waals surface area contributed by atoms with Crippen molar-refractivity contribution in [2.24, 2.45) is 0 Å². The van der Waals surface area contributed by atoms with Gasteiger partial charge in [-0.2, -0.15) is 0 Å². The fraction of sp³-hybridized carbons (Fsp3) is 0.333. The molecular formula is C15H18N4O. The Balaban J connectivity index is 1.80. The topological polar surface area (TPSA) is 59.1 Å². The minimum atomic E-state index is 0.369. The first-order chi connectivity index (χ1) is 9.74. The molecule has 104 valence electrons. The molecule has 0 amide bonds. The zero-order valence-corrected chi connectivity index (χ0v) is 11.7. The van der Waals surface area contributed by atoms with Gasteiger partial charge in [0, 0.05) is 11.8 Å². The van der Waals surface area contributed by atoms with Gasteiger partial charge in [0.2, 0.25) is 0 Å². The molecule has 0 radical (unpaired) electrons. The summed E-state index contributed by atoms with van der Waals surface area (Å²) in [6, 6.07) is 10.2. The van der Waals surface area contributed by atoms with Gasteiger partial charge in [0.15, 0.2) is 0 Å². The molecule has 5 heteroatoms. The van der Waals surface area contributed by atoms with E-state index >= 15 is 0 Å². The highest BCUT2D eigenvalue weighted by molar-refractivity contribution is 5.57. The van der Waals surface area contributed by atoms with Crippen LogP contribution in [-0.2, 0) is 0 Å². The van der Waals surface area contributed by atoms with E-state index in [9.17, 15) is 0 Å². The van der Waals surface area contributed by atoms with Crippen LogP contribution in [0.2, 0.25) is 0 Å². The number of rotatable bonds is 4. The van der Waals surface area contributed by atoms with Crippen LogP contribution in [0.25, 0.3) is 0 Å². The van der Waals surface area contributed by atoms with E-state index in [-0.39, 0.29) is 0 Å². The predicted molar refractivity (Wildman–Crippen MR) is 78.4 cm³/mol. The largest absolute Gasteiger partial charge is 0.497 e. The van der Waals surface area contributed by atoms with Crippen molar-refractivity contribution in [3.63, 3.8) is 0 Å². The minimum Gasteiger partial charge on any atom is -0.497 e. The van der Waals surface area contributed by atoms with Crippen molar-refractivity contribution in [2.75, 3.05) is 19.0 Å². The number of benzene rings is 1. The molecule has 1 aliphatic heterocycles. The number of anilines is 2. The molecule has 5 nitrogen and oxygen atoms in total. The summed E-state index contributed by atoms with van der Waals surface area (Å²) in [6.07, 6.45) is 1.14. The first-order valence-electron chi connectivity index (χ1n) is 6.74. The minimum absolute atomic E-state index is 0.369. The highest BCUT2D eigenvalue weighted by Crippen LogP contribution is 2.24. The average Bonchev–Trinajstić information content (AvgIpc) is 2.37. The Kier molecular flexibility index (Phi) is 3.52. The van der Waals surface area contributed by atoms with Crippen LogP contribution in [0.3, 0.4) is 0 Å². The van der Waals surface area contributed by atoms with E-state index in [1.54, 1.807) is 7.11 Å². The Labute approximate surface area is 118 Å². The van der Waals surface area contributed by atoms with Crippen LogP contribution in [-0.4, -0.2) is 23.6 Å². The lowest BCUT2D eigenvalue weighted by atomic mass is 10.0. The molecule has 1 aromatic heterocycles. The summed E-state index contributed by atoms with van der Waals surface area (Å²) in [4.78, 5) is 8.92. The van der Waals surface area contributed by atoms with Crippen molar-refractivity contribution in [2.45, 2.75) is 19.4 Å². The Bertz CT molecular complexity index is 593. The van der Waals surface area contributed by atoms with E-state index in [0.717, 1.165) is 41.7 Å². The molecular weight excluding hydrogens is 252 g/mol. The SMILES string of the molecule is COc1ccc(Nc2cc([C@H]3CCN3)nc(C)n2)cc1. The zero-order chi connectivity index (χ0) is 13.9. The number of aryl methyl sites for hydroxylation is 1. The third-order valence-electron chi connectivity index (χ3n) is 3.40. The van der Waals surface area contributed by atoms with Crippen molar-refractivity contribution >= 4 is 11.5 Å². The molecule has 1 aromatic carbocycles. The van der Waals surface area contributed by atoms with Gasteiger partial charge in [-0.15, -0.1) is 0 Å². The van der Waals surface area contributed by atoms with Crippen LogP contribution in [0.4, 0.5) is 11.5 Å². The highest BCUT2D eigenvalue weighted by Gasteiger charge is 2.20. The quantitative estimate of drug-likeness (QED) is 0.894. The fourth-order valence-electron chi connectivity index (χ4n) is 2.20. The molecule has 2 N–H and O–H groups in total. The zero-order valence-electron chi connectivity index (χ0n) is 11.7. The smallest absolute Gasteiger partial charge is 0.134 e. The molecule has 0 unspecified atom stereocenters. The summed E-state index contributed by atoms with van der Waals surface area (Å²) >= 11 is 0. The second kappa shape index (κ2) is 5.46. The number of nitrogens with one attached hydrogen (secondary N) is 2. The van der Waals surface area contributed by atoms with Gasteiger partial charge >= 0.3 is 0 Å². The number of aromatic nitrogens is 2. The Hall–Kier alpha value is -2.14. The van der Waals surface area contributed by atoms with Gasteiger partial charge in [-0.3, -0.25) is 0 Å². The monoisotopic (exact) mass is 270 g/mol. The van der Waals surface area contributed by atoms with E-state index in [1.807, 2.05) is 37.3 Å². The van der Waals surface area contributed by atoms with Gasteiger partial charge < -0.3 is 15.4 Å². The summed E-state index contributed by atoms with van der Waals surface area (Å²) < 4.78 is 5.15. The normalized spacial score (nSPS) is 17.4. The molecule has 20 heavy (non-hydrogen) atoms. The van der Waals surface area contributed by atoms with Crippen molar-refractivity contribution in [3.05, 3.63) is 41.9 Å². The number of methoxy groups -OCH3 is 1. The number of nitrogens with zero attached hydrogens (tertiary/aromatic N) is 2. The second-order valence-electron chi connectivity index (χ2n) is 4.87. The Morgan fingerprint density at radius 1 is 1.25 bits per heavy atom. The van der Waals surface area contributed by atoms with Crippen LogP contribution < -0.4 is 15.4 Å². The van der Waals surface area contributed by atoms with Gasteiger partial charge in [0.25, 0.3) is 0 Å². The molecule has 0 bridgehead atoms. The van der Waals surface area contributed by atoms with Crippen molar-refractivity contribution in [1.82, 2.24) is 15.3 Å². The second-order valence-corrected chi connectivity index (χ2v) is 4.87. The summed E-state index contributed by atoms with van der Waals surface area (Å²) in [5, 5.41) is 6.67. The lowest BCUT2D eigenvalue weighted by Crippen LogP contribution is -2.35. The molecule has 0 aliphatic carbocycles. The molecule has 2 heterocycles. The van der Waals surface area contributed by atoms with Gasteiger partial charge in [-0.25, -0.2) is 9.97 Å². The molecule has 3 rings (SSSR count). The Morgan fingerprint density at radius 2 is 2.00 bits per heavy atom. The maximum atomic E-state index is 5.15. The van der Waals surface area contributed by atoms with Gasteiger partial charge in [0.1, 0.15) is 17.4 Å². The van der Waals surface area contributed by atoms with Crippen LogP contribution >= 0.6 is 0 Å². The molecule has 2 aromatic rings. The summed E-state index contributed by atoms with van der Waals surface area (Å²) in [5.74, 6) is 2.45. The van der Waals surface area contributed by atoms with Gasteiger partial charge in [0.05, 0.1) is 18.8 Å². The molecule has 1 aliphatic rings. The lowest BCUT2D eigenvalue weighted by molar-refractivity contribution is 0.374. The first kappa shape index (κ1) is 12.9. The molecule has 1 saturated heterocycles. The van der Waals surface area contributed by atoms with Crippen molar-refractivity contribution in [1.29, 1.82) is 0 Å². The Morgan fingerprint density at radius 3 is 2.60 bits per heavy atom. The third kappa shape index (κ3) is 2.72. The summed E-state index contributed by atoms with van der Waals surface area (Å²) in [5.41, 5.74) is 2.04. The predicted octanol–water partition coefficient (Wildman–Crippen LogP) is 2.57. The van der Waals surface area contributed by atoms with Crippen molar-refractivity contribution < 1.29 is 4.74 Å². The number of hydrogen-bond acceptors (Lipinski definition) is 5. The molecule has 1 atom stereocenters. The van der Waals surface area contributed by atoms with E-state index in [0.29, 0.717) is 6.04 Å². The maximum absolute atomic E-state index is 5.15. The van der Waals surface area contributed by atoms with E-state index < -0.39 is 0 Å². The van der Waals surface area contributed by atoms with E-state index in [1.165, 1.54) is 0 Å². The number of hydrogen-bond donors (Lipinski definition) is 2. The van der Waals surface area contributed by atoms with Crippen LogP contribution in [0, 0.1) is 6.92 Å². The summed E-state index contributed by atoms with van der Waals surface area (Å²) in [7, 11) is 1.66.